The number of nitrogens with two attached hydrogens (primary N) is 1. The summed E-state index contributed by atoms with van der Waals surface area (Å²) in [6, 6.07) is 3.40. The molecule has 2 rings (SSSR count). The van der Waals surface area contributed by atoms with Crippen LogP contribution in [0.2, 0.25) is 0 Å². The average molecular weight is 295 g/mol. The summed E-state index contributed by atoms with van der Waals surface area (Å²) in [6.07, 6.45) is -8.75. The first kappa shape index (κ1) is 14.2. The predicted molar refractivity (Wildman–Crippen MR) is 58.0 cm³/mol. The van der Waals surface area contributed by atoms with Crippen LogP contribution < -0.4 is 5.73 Å². The zero-order valence-corrected chi connectivity index (χ0v) is 9.63. The number of hydrogen-bond donors (Lipinski definition) is 1. The lowest BCUT2D eigenvalue weighted by atomic mass is 10.2. The van der Waals surface area contributed by atoms with E-state index in [1.807, 2.05) is 0 Å². The van der Waals surface area contributed by atoms with Crippen LogP contribution >= 0.6 is 0 Å². The normalized spacial score (nSPS) is 12.7. The van der Waals surface area contributed by atoms with Crippen molar-refractivity contribution in [2.24, 2.45) is 0 Å². The molecule has 1 aromatic heterocycles. The van der Waals surface area contributed by atoms with E-state index in [4.69, 9.17) is 5.73 Å². The summed E-state index contributed by atoms with van der Waals surface area (Å²) in [5, 5.41) is 3.38. The van der Waals surface area contributed by atoms with Crippen LogP contribution in [-0.4, -0.2) is 9.78 Å². The highest BCUT2D eigenvalue weighted by atomic mass is 19.4. The van der Waals surface area contributed by atoms with Gasteiger partial charge in [-0.15, -0.1) is 0 Å². The highest BCUT2D eigenvalue weighted by Crippen LogP contribution is 2.36. The number of nitrogens with zero attached hydrogens (tertiary/aromatic N) is 2. The molecule has 9 heteroatoms. The molecular weight excluding hydrogens is 288 g/mol. The van der Waals surface area contributed by atoms with Gasteiger partial charge in [-0.25, -0.2) is 4.68 Å². The van der Waals surface area contributed by atoms with Crippen LogP contribution in [-0.2, 0) is 12.4 Å². The summed E-state index contributed by atoms with van der Waals surface area (Å²) in [5.74, 6) is 0. The molecule has 0 fully saturated rings. The Labute approximate surface area is 108 Å². The summed E-state index contributed by atoms with van der Waals surface area (Å²) in [5.41, 5.74) is 1.75. The Morgan fingerprint density at radius 2 is 1.65 bits per heavy atom. The van der Waals surface area contributed by atoms with Crippen molar-refractivity contribution >= 4 is 5.69 Å². The van der Waals surface area contributed by atoms with Crippen LogP contribution in [0.3, 0.4) is 0 Å². The quantitative estimate of drug-likeness (QED) is 0.818. The van der Waals surface area contributed by atoms with Gasteiger partial charge in [-0.2, -0.15) is 31.4 Å². The van der Waals surface area contributed by atoms with Crippen molar-refractivity contribution in [3.63, 3.8) is 0 Å². The number of aromatic nitrogens is 2. The molecule has 0 aliphatic rings. The zero-order valence-electron chi connectivity index (χ0n) is 9.63. The number of nitrogen functional groups attached to an aromatic ring is 1. The van der Waals surface area contributed by atoms with Gasteiger partial charge in [0.15, 0.2) is 5.69 Å². The Hall–Kier alpha value is -2.19. The lowest BCUT2D eigenvalue weighted by molar-refractivity contribution is -0.142. The molecule has 20 heavy (non-hydrogen) atoms. The topological polar surface area (TPSA) is 43.8 Å². The molecule has 0 bridgehead atoms. The Balaban J connectivity index is 2.59. The average Bonchev–Trinajstić information content (AvgIpc) is 2.70. The van der Waals surface area contributed by atoms with E-state index in [1.54, 1.807) is 0 Å². The van der Waals surface area contributed by atoms with Crippen LogP contribution in [0.4, 0.5) is 32.0 Å². The van der Waals surface area contributed by atoms with Gasteiger partial charge in [-0.1, -0.05) is 6.07 Å². The number of anilines is 1. The van der Waals surface area contributed by atoms with Gasteiger partial charge in [0, 0.05) is 0 Å². The highest BCUT2D eigenvalue weighted by molar-refractivity contribution is 5.48. The molecule has 0 amide bonds. The van der Waals surface area contributed by atoms with E-state index < -0.39 is 29.3 Å². The van der Waals surface area contributed by atoms with E-state index in [1.165, 1.54) is 0 Å². The van der Waals surface area contributed by atoms with E-state index in [0.717, 1.165) is 24.4 Å². The second-order valence-electron chi connectivity index (χ2n) is 3.91. The third kappa shape index (κ3) is 2.56. The maximum Gasteiger partial charge on any atom is 0.435 e. The van der Waals surface area contributed by atoms with Crippen molar-refractivity contribution in [3.8, 4) is 5.69 Å². The third-order valence-corrected chi connectivity index (χ3v) is 2.48. The lowest BCUT2D eigenvalue weighted by Gasteiger charge is -2.13. The number of hydrogen-bond acceptors (Lipinski definition) is 2. The summed E-state index contributed by atoms with van der Waals surface area (Å²) in [4.78, 5) is 0. The molecule has 1 aromatic carbocycles. The minimum absolute atomic E-state index is 0.338. The molecule has 0 spiro atoms. The van der Waals surface area contributed by atoms with Gasteiger partial charge in [-0.05, 0) is 18.2 Å². The fourth-order valence-electron chi connectivity index (χ4n) is 1.65. The number of rotatable bonds is 1. The fraction of sp³-hybridized carbons (Fsp3) is 0.182. The van der Waals surface area contributed by atoms with Crippen LogP contribution in [0.25, 0.3) is 5.69 Å². The minimum Gasteiger partial charge on any atom is -0.396 e. The molecule has 0 saturated heterocycles. The monoisotopic (exact) mass is 295 g/mol. The summed E-state index contributed by atoms with van der Waals surface area (Å²) in [6.45, 7) is 0. The van der Waals surface area contributed by atoms with Crippen molar-refractivity contribution in [2.75, 3.05) is 5.73 Å². The van der Waals surface area contributed by atoms with Gasteiger partial charge >= 0.3 is 12.4 Å². The van der Waals surface area contributed by atoms with Crippen LogP contribution in [0, 0.1) is 0 Å². The Kier molecular flexibility index (Phi) is 3.15. The highest BCUT2D eigenvalue weighted by Gasteiger charge is 2.38. The maximum absolute atomic E-state index is 12.8. The molecule has 0 aliphatic carbocycles. The minimum atomic E-state index is -4.82. The van der Waals surface area contributed by atoms with Gasteiger partial charge in [0.1, 0.15) is 0 Å². The molecule has 0 radical (unpaired) electrons. The zero-order chi connectivity index (χ0) is 15.1. The summed E-state index contributed by atoms with van der Waals surface area (Å²) in [7, 11) is 0. The van der Waals surface area contributed by atoms with Crippen molar-refractivity contribution in [1.29, 1.82) is 0 Å². The number of halogens is 6. The molecular formula is C11H7F6N3. The lowest BCUT2D eigenvalue weighted by Crippen LogP contribution is -2.15. The molecule has 1 heterocycles. The molecule has 108 valence electrons. The fourth-order valence-corrected chi connectivity index (χ4v) is 1.65. The molecule has 0 aliphatic heterocycles. The SMILES string of the molecule is Nc1cnn(-c2cccc(C(F)(F)F)c2)c1C(F)(F)F. The standard InChI is InChI=1S/C11H7F6N3/c12-10(13,14)6-2-1-3-7(4-6)20-9(11(15,16)17)8(18)5-19-20/h1-5H,18H2. The molecule has 3 nitrogen and oxygen atoms in total. The largest absolute Gasteiger partial charge is 0.435 e. The van der Waals surface area contributed by atoms with E-state index in [9.17, 15) is 26.3 Å². The first-order valence-corrected chi connectivity index (χ1v) is 5.19. The Morgan fingerprint density at radius 3 is 2.20 bits per heavy atom. The molecule has 0 atom stereocenters. The van der Waals surface area contributed by atoms with Crippen molar-refractivity contribution < 1.29 is 26.3 Å². The predicted octanol–water partition coefficient (Wildman–Crippen LogP) is 3.49. The van der Waals surface area contributed by atoms with Crippen LogP contribution in [0.1, 0.15) is 11.3 Å². The smallest absolute Gasteiger partial charge is 0.396 e. The number of benzene rings is 1. The molecule has 0 unspecified atom stereocenters. The van der Waals surface area contributed by atoms with Gasteiger partial charge in [0.2, 0.25) is 0 Å². The van der Waals surface area contributed by atoms with Crippen LogP contribution in [0.15, 0.2) is 30.5 Å². The van der Waals surface area contributed by atoms with Gasteiger partial charge in [0.25, 0.3) is 0 Å². The molecule has 2 aromatic rings. The van der Waals surface area contributed by atoms with Gasteiger partial charge < -0.3 is 5.73 Å². The Morgan fingerprint density at radius 1 is 1.00 bits per heavy atom. The van der Waals surface area contributed by atoms with E-state index in [0.29, 0.717) is 10.7 Å². The van der Waals surface area contributed by atoms with E-state index in [-0.39, 0.29) is 5.69 Å². The second kappa shape index (κ2) is 4.43. The van der Waals surface area contributed by atoms with Crippen LogP contribution in [0.5, 0.6) is 0 Å². The van der Waals surface area contributed by atoms with Crippen molar-refractivity contribution in [3.05, 3.63) is 41.7 Å². The summed E-state index contributed by atoms with van der Waals surface area (Å²) >= 11 is 0. The van der Waals surface area contributed by atoms with Crippen molar-refractivity contribution in [2.45, 2.75) is 12.4 Å². The van der Waals surface area contributed by atoms with Gasteiger partial charge in [0.05, 0.1) is 23.1 Å². The molecule has 2 N–H and O–H groups in total. The summed E-state index contributed by atoms with van der Waals surface area (Å²) < 4.78 is 76.4. The van der Waals surface area contributed by atoms with E-state index >= 15 is 0 Å². The van der Waals surface area contributed by atoms with E-state index in [2.05, 4.69) is 5.10 Å². The third-order valence-electron chi connectivity index (χ3n) is 2.48. The van der Waals surface area contributed by atoms with Gasteiger partial charge in [-0.3, -0.25) is 0 Å². The Bertz CT molecular complexity index is 626. The first-order chi connectivity index (χ1) is 9.10. The number of alkyl halides is 6. The first-order valence-electron chi connectivity index (χ1n) is 5.19. The second-order valence-corrected chi connectivity index (χ2v) is 3.91. The molecule has 0 saturated carbocycles. The van der Waals surface area contributed by atoms with Crippen molar-refractivity contribution in [1.82, 2.24) is 9.78 Å². The maximum atomic E-state index is 12.8.